The second kappa shape index (κ2) is 8.73. The van der Waals surface area contributed by atoms with Gasteiger partial charge in [0.05, 0.1) is 5.25 Å². The summed E-state index contributed by atoms with van der Waals surface area (Å²) in [4.78, 5) is 2.23. The SMILES string of the molecule is CCc1cc(CN2CC3(CC(S(C)(=O)=O)C3)C2)ccc1-c1ccc(C(O)(C(F)(F)F)C(F)(F)F)cc1. The van der Waals surface area contributed by atoms with Gasteiger partial charge in [-0.25, -0.2) is 8.42 Å². The van der Waals surface area contributed by atoms with E-state index in [4.69, 9.17) is 0 Å². The Morgan fingerprint density at radius 3 is 2.00 bits per heavy atom. The number of halogens is 6. The summed E-state index contributed by atoms with van der Waals surface area (Å²) in [7, 11) is -3.00. The van der Waals surface area contributed by atoms with Crippen LogP contribution in [0.1, 0.15) is 36.5 Å². The van der Waals surface area contributed by atoms with Crippen LogP contribution in [-0.4, -0.2) is 55.4 Å². The van der Waals surface area contributed by atoms with Crippen molar-refractivity contribution in [1.82, 2.24) is 4.90 Å². The van der Waals surface area contributed by atoms with Gasteiger partial charge in [0.2, 0.25) is 0 Å². The van der Waals surface area contributed by atoms with E-state index in [1.807, 2.05) is 19.1 Å². The van der Waals surface area contributed by atoms with Crippen LogP contribution in [0.4, 0.5) is 26.3 Å². The lowest BCUT2D eigenvalue weighted by atomic mass is 9.63. The number of likely N-dealkylation sites (tertiary alicyclic amines) is 1. The molecule has 0 bridgehead atoms. The third-order valence-electron chi connectivity index (χ3n) is 7.44. The fourth-order valence-corrected chi connectivity index (χ4v) is 6.75. The molecule has 1 spiro atoms. The zero-order valence-electron chi connectivity index (χ0n) is 19.7. The van der Waals surface area contributed by atoms with Gasteiger partial charge in [0, 0.05) is 31.5 Å². The van der Waals surface area contributed by atoms with E-state index in [1.54, 1.807) is 6.07 Å². The number of nitrogens with zero attached hydrogens (tertiary/aromatic N) is 1. The minimum atomic E-state index is -5.93. The van der Waals surface area contributed by atoms with E-state index in [0.29, 0.717) is 49.1 Å². The molecule has 2 fully saturated rings. The van der Waals surface area contributed by atoms with Gasteiger partial charge < -0.3 is 5.11 Å². The molecular weight excluding hydrogens is 508 g/mol. The van der Waals surface area contributed by atoms with E-state index in [9.17, 15) is 39.9 Å². The van der Waals surface area contributed by atoms with Crippen LogP contribution in [0.3, 0.4) is 0 Å². The van der Waals surface area contributed by atoms with Crippen LogP contribution in [0.2, 0.25) is 0 Å². The number of hydrogen-bond acceptors (Lipinski definition) is 4. The summed E-state index contributed by atoms with van der Waals surface area (Å²) in [6, 6.07) is 9.25. The van der Waals surface area contributed by atoms with Crippen molar-refractivity contribution >= 4 is 9.84 Å². The van der Waals surface area contributed by atoms with Gasteiger partial charge in [0.1, 0.15) is 9.84 Å². The number of alkyl halides is 6. The summed E-state index contributed by atoms with van der Waals surface area (Å²) in [6.07, 6.45) is -8.60. The molecule has 4 rings (SSSR count). The van der Waals surface area contributed by atoms with Gasteiger partial charge in [-0.15, -0.1) is 0 Å². The first-order valence-corrected chi connectivity index (χ1v) is 13.4. The summed E-state index contributed by atoms with van der Waals surface area (Å²) in [5.74, 6) is 0. The van der Waals surface area contributed by atoms with Gasteiger partial charge in [-0.05, 0) is 46.9 Å². The Bertz CT molecular complexity index is 1210. The molecule has 1 saturated heterocycles. The third kappa shape index (κ3) is 4.65. The molecule has 0 unspecified atom stereocenters. The molecule has 1 aliphatic heterocycles. The molecule has 1 heterocycles. The molecule has 2 aromatic carbocycles. The Morgan fingerprint density at radius 2 is 1.53 bits per heavy atom. The monoisotopic (exact) mass is 535 g/mol. The van der Waals surface area contributed by atoms with Crippen LogP contribution in [-0.2, 0) is 28.4 Å². The van der Waals surface area contributed by atoms with Crippen LogP contribution < -0.4 is 0 Å². The Morgan fingerprint density at radius 1 is 0.972 bits per heavy atom. The summed E-state index contributed by atoms with van der Waals surface area (Å²) in [5, 5.41) is 9.35. The average Bonchev–Trinajstić information content (AvgIpc) is 2.71. The summed E-state index contributed by atoms with van der Waals surface area (Å²) >= 11 is 0. The maximum atomic E-state index is 13.2. The maximum absolute atomic E-state index is 13.2. The highest BCUT2D eigenvalue weighted by Gasteiger charge is 2.71. The number of rotatable bonds is 6. The molecule has 4 nitrogen and oxygen atoms in total. The van der Waals surface area contributed by atoms with E-state index in [-0.39, 0.29) is 10.7 Å². The quantitative estimate of drug-likeness (QED) is 0.515. The Balaban J connectivity index is 1.48. The van der Waals surface area contributed by atoms with Crippen molar-refractivity contribution in [3.05, 3.63) is 59.2 Å². The average molecular weight is 536 g/mol. The van der Waals surface area contributed by atoms with Crippen molar-refractivity contribution in [2.45, 2.75) is 55.9 Å². The van der Waals surface area contributed by atoms with E-state index in [0.717, 1.165) is 36.3 Å². The zero-order chi connectivity index (χ0) is 26.7. The highest BCUT2D eigenvalue weighted by molar-refractivity contribution is 7.91. The Labute approximate surface area is 205 Å². The summed E-state index contributed by atoms with van der Waals surface area (Å²) in [6.45, 7) is 4.22. The first-order chi connectivity index (χ1) is 16.5. The number of hydrogen-bond donors (Lipinski definition) is 1. The number of aryl methyl sites for hydroxylation is 1. The van der Waals surface area contributed by atoms with Crippen LogP contribution >= 0.6 is 0 Å². The van der Waals surface area contributed by atoms with E-state index in [2.05, 4.69) is 4.90 Å². The minimum absolute atomic E-state index is 0.0811. The predicted octanol–water partition coefficient (Wildman–Crippen LogP) is 5.24. The molecule has 0 aromatic heterocycles. The second-order valence-electron chi connectivity index (χ2n) is 10.1. The first kappa shape index (κ1) is 26.9. The van der Waals surface area contributed by atoms with Crippen LogP contribution in [0.5, 0.6) is 0 Å². The molecule has 0 amide bonds. The summed E-state index contributed by atoms with van der Waals surface area (Å²) < 4.78 is 102. The molecule has 11 heteroatoms. The van der Waals surface area contributed by atoms with E-state index in [1.165, 1.54) is 6.26 Å². The molecule has 198 valence electrons. The maximum Gasteiger partial charge on any atom is 0.430 e. The topological polar surface area (TPSA) is 57.6 Å². The predicted molar refractivity (Wildman–Crippen MR) is 123 cm³/mol. The Hall–Kier alpha value is -2.11. The number of sulfone groups is 1. The van der Waals surface area contributed by atoms with Crippen molar-refractivity contribution in [1.29, 1.82) is 0 Å². The smallest absolute Gasteiger partial charge is 0.369 e. The molecule has 0 radical (unpaired) electrons. The van der Waals surface area contributed by atoms with Crippen molar-refractivity contribution in [2.75, 3.05) is 19.3 Å². The molecule has 1 aliphatic carbocycles. The molecule has 0 atom stereocenters. The van der Waals surface area contributed by atoms with E-state index < -0.39 is 33.4 Å². The molecule has 1 N–H and O–H groups in total. The molecular formula is C25H27F6NO3S. The van der Waals surface area contributed by atoms with Gasteiger partial charge in [-0.1, -0.05) is 49.4 Å². The molecule has 2 aliphatic rings. The van der Waals surface area contributed by atoms with Crippen LogP contribution in [0, 0.1) is 5.41 Å². The Kier molecular flexibility index (Phi) is 6.53. The second-order valence-corrected chi connectivity index (χ2v) is 12.5. The lowest BCUT2D eigenvalue weighted by Crippen LogP contribution is -2.64. The van der Waals surface area contributed by atoms with E-state index >= 15 is 0 Å². The number of benzene rings is 2. The zero-order valence-corrected chi connectivity index (χ0v) is 20.6. The minimum Gasteiger partial charge on any atom is -0.369 e. The fraction of sp³-hybridized carbons (Fsp3) is 0.520. The first-order valence-electron chi connectivity index (χ1n) is 11.5. The highest BCUT2D eigenvalue weighted by atomic mass is 32.2. The van der Waals surface area contributed by atoms with Gasteiger partial charge >= 0.3 is 12.4 Å². The van der Waals surface area contributed by atoms with Gasteiger partial charge in [0.25, 0.3) is 5.60 Å². The lowest BCUT2D eigenvalue weighted by molar-refractivity contribution is -0.376. The molecule has 36 heavy (non-hydrogen) atoms. The van der Waals surface area contributed by atoms with Crippen LogP contribution in [0.15, 0.2) is 42.5 Å². The summed E-state index contributed by atoms with van der Waals surface area (Å²) in [5.41, 5.74) is -3.13. The third-order valence-corrected chi connectivity index (χ3v) is 8.98. The molecule has 1 saturated carbocycles. The fourth-order valence-electron chi connectivity index (χ4n) is 5.44. The normalized spacial score (nSPS) is 19.2. The highest BCUT2D eigenvalue weighted by Crippen LogP contribution is 2.52. The van der Waals surface area contributed by atoms with Crippen molar-refractivity contribution in [3.63, 3.8) is 0 Å². The van der Waals surface area contributed by atoms with Crippen molar-refractivity contribution in [3.8, 4) is 11.1 Å². The van der Waals surface area contributed by atoms with Gasteiger partial charge in [0.15, 0.2) is 0 Å². The van der Waals surface area contributed by atoms with Crippen LogP contribution in [0.25, 0.3) is 11.1 Å². The number of aliphatic hydroxyl groups is 1. The largest absolute Gasteiger partial charge is 0.430 e. The lowest BCUT2D eigenvalue weighted by Gasteiger charge is -2.58. The van der Waals surface area contributed by atoms with Crippen molar-refractivity contribution < 1.29 is 39.9 Å². The van der Waals surface area contributed by atoms with Gasteiger partial charge in [-0.2, -0.15) is 26.3 Å². The van der Waals surface area contributed by atoms with Crippen molar-refractivity contribution in [2.24, 2.45) is 5.41 Å². The standard InChI is InChI=1S/C25H27F6NO3S/c1-3-17-10-16(13-32-14-22(15-32)11-20(12-22)36(2,34)35)4-9-21(17)18-5-7-19(8-6-18)23(33,24(26,27)28)25(29,30)31/h4-10,20,33H,3,11-15H2,1-2H3. The van der Waals surface area contributed by atoms with Gasteiger partial charge in [-0.3, -0.25) is 4.90 Å². The molecule has 2 aromatic rings.